The fraction of sp³-hybridized carbons (Fsp3) is 0.600. The number of pyridine rings is 1. The molecule has 1 aromatic rings. The molecule has 0 spiro atoms. The molecule has 0 aromatic carbocycles. The fourth-order valence-corrected chi connectivity index (χ4v) is 3.47. The van der Waals surface area contributed by atoms with E-state index >= 15 is 0 Å². The lowest BCUT2D eigenvalue weighted by Gasteiger charge is -2.42. The Hall–Kier alpha value is -1.65. The number of hydrogen-bond donors (Lipinski definition) is 0. The molecule has 108 valence electrons. The summed E-state index contributed by atoms with van der Waals surface area (Å²) in [6.45, 7) is 3.33. The van der Waals surface area contributed by atoms with Gasteiger partial charge < -0.3 is 9.47 Å². The average molecular weight is 278 g/mol. The molecule has 1 saturated heterocycles. The van der Waals surface area contributed by atoms with E-state index in [0.29, 0.717) is 25.6 Å². The van der Waals surface area contributed by atoms with Gasteiger partial charge in [0, 0.05) is 37.3 Å². The van der Waals surface area contributed by atoms with Gasteiger partial charge in [0.25, 0.3) is 5.56 Å². The molecule has 5 heteroatoms. The van der Waals surface area contributed by atoms with Gasteiger partial charge in [-0.15, -0.1) is 0 Å². The number of hydrogen-bond acceptors (Lipinski definition) is 2. The van der Waals surface area contributed by atoms with E-state index in [-0.39, 0.29) is 23.8 Å². The van der Waals surface area contributed by atoms with Crippen molar-refractivity contribution < 1.29 is 9.18 Å². The minimum absolute atomic E-state index is 0.0364. The maximum atomic E-state index is 13.0. The maximum absolute atomic E-state index is 13.0. The van der Waals surface area contributed by atoms with Crippen molar-refractivity contribution in [1.29, 1.82) is 0 Å². The van der Waals surface area contributed by atoms with Crippen LogP contribution in [0.2, 0.25) is 0 Å². The topological polar surface area (TPSA) is 42.3 Å². The van der Waals surface area contributed by atoms with E-state index in [1.165, 1.54) is 6.92 Å². The highest BCUT2D eigenvalue weighted by molar-refractivity contribution is 5.76. The lowest BCUT2D eigenvalue weighted by atomic mass is 9.83. The number of carbonyl (C=O) groups is 1. The molecule has 20 heavy (non-hydrogen) atoms. The number of aromatic nitrogens is 1. The Labute approximate surface area is 117 Å². The van der Waals surface area contributed by atoms with Crippen LogP contribution >= 0.6 is 0 Å². The van der Waals surface area contributed by atoms with E-state index in [4.69, 9.17) is 0 Å². The Morgan fingerprint density at radius 1 is 1.40 bits per heavy atom. The summed E-state index contributed by atoms with van der Waals surface area (Å²) in [7, 11) is 0. The summed E-state index contributed by atoms with van der Waals surface area (Å²) < 4.78 is 14.8. The van der Waals surface area contributed by atoms with Crippen LogP contribution in [0.5, 0.6) is 0 Å². The average Bonchev–Trinajstić information content (AvgIpc) is 2.39. The number of rotatable bonds is 2. The Morgan fingerprint density at radius 2 is 2.20 bits per heavy atom. The number of fused-ring (bicyclic) bond motifs is 4. The van der Waals surface area contributed by atoms with Crippen molar-refractivity contribution in [3.63, 3.8) is 0 Å². The molecule has 0 unspecified atom stereocenters. The fourth-order valence-electron chi connectivity index (χ4n) is 3.47. The molecule has 0 radical (unpaired) electrons. The first kappa shape index (κ1) is 13.3. The Kier molecular flexibility index (Phi) is 3.36. The summed E-state index contributed by atoms with van der Waals surface area (Å²) in [5.41, 5.74) is 1.05. The lowest BCUT2D eigenvalue weighted by molar-refractivity contribution is -0.135. The maximum Gasteiger partial charge on any atom is 0.250 e. The van der Waals surface area contributed by atoms with Gasteiger partial charge in [-0.2, -0.15) is 0 Å². The molecule has 0 aliphatic carbocycles. The predicted octanol–water partition coefficient (Wildman–Crippen LogP) is 1.54. The number of halogens is 1. The zero-order chi connectivity index (χ0) is 14.3. The van der Waals surface area contributed by atoms with Crippen molar-refractivity contribution in [2.75, 3.05) is 13.1 Å². The first-order valence-corrected chi connectivity index (χ1v) is 7.16. The normalized spacial score (nSPS) is 26.0. The van der Waals surface area contributed by atoms with Gasteiger partial charge in [0.05, 0.1) is 6.42 Å². The smallest absolute Gasteiger partial charge is 0.250 e. The number of likely N-dealkylation sites (tertiary alicyclic amines) is 1. The molecule has 3 atom stereocenters. The standard InChI is InChI=1S/C15H19FN2O2/c1-10(16)5-15(20)17-7-11-6-12(9-17)13-3-2-4-14(19)18(13)8-11/h2-4,10-12H,5-9H2,1H3/t10-,11+,12-/m0/s1. The molecular formula is C15H19FN2O2. The third-order valence-electron chi connectivity index (χ3n) is 4.29. The van der Waals surface area contributed by atoms with Gasteiger partial charge in [-0.25, -0.2) is 4.39 Å². The first-order valence-electron chi connectivity index (χ1n) is 7.16. The number of carbonyl (C=O) groups excluding carboxylic acids is 1. The van der Waals surface area contributed by atoms with Crippen LogP contribution in [0, 0.1) is 5.92 Å². The van der Waals surface area contributed by atoms with E-state index < -0.39 is 6.17 Å². The molecular weight excluding hydrogens is 259 g/mol. The van der Waals surface area contributed by atoms with Crippen LogP contribution in [0.1, 0.15) is 31.4 Å². The predicted molar refractivity (Wildman–Crippen MR) is 73.3 cm³/mol. The molecule has 3 heterocycles. The Bertz CT molecular complexity index is 581. The van der Waals surface area contributed by atoms with Gasteiger partial charge in [0.2, 0.25) is 5.91 Å². The van der Waals surface area contributed by atoms with Gasteiger partial charge in [-0.05, 0) is 25.3 Å². The van der Waals surface area contributed by atoms with Crippen LogP contribution in [-0.4, -0.2) is 34.6 Å². The monoisotopic (exact) mass is 278 g/mol. The molecule has 4 nitrogen and oxygen atoms in total. The molecule has 0 saturated carbocycles. The SMILES string of the molecule is C[C@H](F)CC(=O)N1C[C@H]2C[C@@H](C1)c1cccc(=O)n1C2. The minimum Gasteiger partial charge on any atom is -0.342 e. The number of alkyl halides is 1. The first-order chi connectivity index (χ1) is 9.54. The molecule has 3 rings (SSSR count). The number of amides is 1. The summed E-state index contributed by atoms with van der Waals surface area (Å²) in [5.74, 6) is 0.400. The van der Waals surface area contributed by atoms with Crippen LogP contribution < -0.4 is 5.56 Å². The van der Waals surface area contributed by atoms with E-state index in [1.54, 1.807) is 17.0 Å². The molecule has 2 aliphatic rings. The zero-order valence-corrected chi connectivity index (χ0v) is 11.6. The highest BCUT2D eigenvalue weighted by Gasteiger charge is 2.36. The number of nitrogens with zero attached hydrogens (tertiary/aromatic N) is 2. The third kappa shape index (κ3) is 2.37. The van der Waals surface area contributed by atoms with Crippen molar-refractivity contribution >= 4 is 5.91 Å². The quantitative estimate of drug-likeness (QED) is 0.823. The van der Waals surface area contributed by atoms with Gasteiger partial charge in [-0.1, -0.05) is 6.07 Å². The van der Waals surface area contributed by atoms with Gasteiger partial charge in [0.1, 0.15) is 6.17 Å². The largest absolute Gasteiger partial charge is 0.342 e. The lowest BCUT2D eigenvalue weighted by Crippen LogP contribution is -2.49. The highest BCUT2D eigenvalue weighted by atomic mass is 19.1. The summed E-state index contributed by atoms with van der Waals surface area (Å²) >= 11 is 0. The molecule has 0 N–H and O–H groups in total. The molecule has 1 fully saturated rings. The van der Waals surface area contributed by atoms with E-state index in [9.17, 15) is 14.0 Å². The minimum atomic E-state index is -1.10. The summed E-state index contributed by atoms with van der Waals surface area (Å²) in [6.07, 6.45) is -0.126. The van der Waals surface area contributed by atoms with E-state index in [0.717, 1.165) is 12.1 Å². The second-order valence-corrected chi connectivity index (χ2v) is 5.98. The van der Waals surface area contributed by atoms with Crippen molar-refractivity contribution in [1.82, 2.24) is 9.47 Å². The van der Waals surface area contributed by atoms with Gasteiger partial charge in [-0.3, -0.25) is 9.59 Å². The van der Waals surface area contributed by atoms with Crippen molar-refractivity contribution in [3.05, 3.63) is 34.2 Å². The second kappa shape index (κ2) is 5.04. The Morgan fingerprint density at radius 3 is 2.95 bits per heavy atom. The van der Waals surface area contributed by atoms with Crippen molar-refractivity contribution in [2.24, 2.45) is 5.92 Å². The summed E-state index contributed by atoms with van der Waals surface area (Å²) in [5, 5.41) is 0. The third-order valence-corrected chi connectivity index (χ3v) is 4.29. The van der Waals surface area contributed by atoms with Crippen molar-refractivity contribution in [3.8, 4) is 0 Å². The molecule has 2 bridgehead atoms. The Balaban J connectivity index is 1.84. The van der Waals surface area contributed by atoms with Gasteiger partial charge >= 0.3 is 0 Å². The highest BCUT2D eigenvalue weighted by Crippen LogP contribution is 2.35. The summed E-state index contributed by atoms with van der Waals surface area (Å²) in [4.78, 5) is 25.7. The molecule has 1 amide bonds. The van der Waals surface area contributed by atoms with Crippen molar-refractivity contribution in [2.45, 2.75) is 38.4 Å². The van der Waals surface area contributed by atoms with Crippen LogP contribution in [-0.2, 0) is 11.3 Å². The van der Waals surface area contributed by atoms with E-state index in [2.05, 4.69) is 0 Å². The zero-order valence-electron chi connectivity index (χ0n) is 11.6. The second-order valence-electron chi connectivity index (χ2n) is 5.98. The molecule has 2 aliphatic heterocycles. The number of piperidine rings is 1. The van der Waals surface area contributed by atoms with Crippen LogP contribution in [0.3, 0.4) is 0 Å². The van der Waals surface area contributed by atoms with E-state index in [1.807, 2.05) is 10.6 Å². The van der Waals surface area contributed by atoms with Crippen LogP contribution in [0.4, 0.5) is 4.39 Å². The van der Waals surface area contributed by atoms with Crippen LogP contribution in [0.15, 0.2) is 23.0 Å². The summed E-state index contributed by atoms with van der Waals surface area (Å²) in [6, 6.07) is 5.32. The van der Waals surface area contributed by atoms with Gasteiger partial charge in [0.15, 0.2) is 0 Å². The van der Waals surface area contributed by atoms with Crippen LogP contribution in [0.25, 0.3) is 0 Å². The molecule has 1 aromatic heterocycles.